The van der Waals surface area contributed by atoms with E-state index in [9.17, 15) is 9.59 Å². The first-order valence-electron chi connectivity index (χ1n) is 7.36. The number of aromatic nitrogens is 2. The van der Waals surface area contributed by atoms with Gasteiger partial charge in [-0.15, -0.1) is 0 Å². The zero-order valence-corrected chi connectivity index (χ0v) is 12.3. The molecule has 5 nitrogen and oxygen atoms in total. The minimum atomic E-state index is -0.263. The Labute approximate surface area is 123 Å². The van der Waals surface area contributed by atoms with E-state index in [1.54, 1.807) is 18.2 Å². The lowest BCUT2D eigenvalue weighted by atomic mass is 10.1. The van der Waals surface area contributed by atoms with Crippen LogP contribution in [0.1, 0.15) is 37.2 Å². The van der Waals surface area contributed by atoms with Gasteiger partial charge >= 0.3 is 0 Å². The maximum Gasteiger partial charge on any atom is 0.275 e. The van der Waals surface area contributed by atoms with E-state index in [0.717, 1.165) is 6.54 Å². The van der Waals surface area contributed by atoms with Gasteiger partial charge in [-0.2, -0.15) is 5.10 Å². The molecule has 1 N–H and O–H groups in total. The molecule has 0 unspecified atom stereocenters. The van der Waals surface area contributed by atoms with Crippen LogP contribution in [0.25, 0.3) is 10.8 Å². The monoisotopic (exact) mass is 285 g/mol. The van der Waals surface area contributed by atoms with E-state index in [2.05, 4.69) is 10.2 Å². The molecule has 1 aromatic carbocycles. The fourth-order valence-electron chi connectivity index (χ4n) is 2.52. The molecule has 1 aliphatic carbocycles. The maximum atomic E-state index is 12.8. The molecule has 1 heterocycles. The SMILES string of the molecule is CC(C)N(CC1CC1)C(=O)c1n[nH]c(=O)c2ccccc12. The first-order valence-corrected chi connectivity index (χ1v) is 7.36. The van der Waals surface area contributed by atoms with Gasteiger partial charge in [-0.25, -0.2) is 5.10 Å². The molecule has 0 spiro atoms. The Morgan fingerprint density at radius 3 is 2.62 bits per heavy atom. The second kappa shape index (κ2) is 5.31. The van der Waals surface area contributed by atoms with E-state index in [1.807, 2.05) is 24.8 Å². The topological polar surface area (TPSA) is 66.1 Å². The summed E-state index contributed by atoms with van der Waals surface area (Å²) in [6, 6.07) is 7.22. The molecular weight excluding hydrogens is 266 g/mol. The van der Waals surface area contributed by atoms with Gasteiger partial charge in [0.1, 0.15) is 0 Å². The van der Waals surface area contributed by atoms with Gasteiger partial charge < -0.3 is 4.90 Å². The molecule has 5 heteroatoms. The molecule has 1 aliphatic rings. The van der Waals surface area contributed by atoms with Crippen molar-refractivity contribution in [2.75, 3.05) is 6.54 Å². The number of hydrogen-bond donors (Lipinski definition) is 1. The summed E-state index contributed by atoms with van der Waals surface area (Å²) in [4.78, 5) is 26.5. The van der Waals surface area contributed by atoms with Crippen LogP contribution in [-0.4, -0.2) is 33.6 Å². The van der Waals surface area contributed by atoms with E-state index in [1.165, 1.54) is 12.8 Å². The number of amides is 1. The Hall–Kier alpha value is -2.17. The van der Waals surface area contributed by atoms with Crippen molar-refractivity contribution in [2.45, 2.75) is 32.7 Å². The van der Waals surface area contributed by atoms with E-state index in [-0.39, 0.29) is 17.5 Å². The lowest BCUT2D eigenvalue weighted by molar-refractivity contribution is 0.0691. The van der Waals surface area contributed by atoms with Crippen molar-refractivity contribution in [1.29, 1.82) is 0 Å². The van der Waals surface area contributed by atoms with E-state index < -0.39 is 0 Å². The summed E-state index contributed by atoms with van der Waals surface area (Å²) in [7, 11) is 0. The second-order valence-corrected chi connectivity index (χ2v) is 5.94. The molecule has 0 radical (unpaired) electrons. The zero-order chi connectivity index (χ0) is 15.0. The van der Waals surface area contributed by atoms with Gasteiger partial charge in [-0.3, -0.25) is 9.59 Å². The number of hydrogen-bond acceptors (Lipinski definition) is 3. The smallest absolute Gasteiger partial charge is 0.275 e. The summed E-state index contributed by atoms with van der Waals surface area (Å²) in [6.45, 7) is 4.79. The number of aromatic amines is 1. The van der Waals surface area contributed by atoms with Crippen molar-refractivity contribution in [2.24, 2.45) is 5.92 Å². The van der Waals surface area contributed by atoms with E-state index in [4.69, 9.17) is 0 Å². The standard InChI is InChI=1S/C16H19N3O2/c1-10(2)19(9-11-7-8-11)16(21)14-12-5-3-4-6-13(12)15(20)18-17-14/h3-6,10-11H,7-9H2,1-2H3,(H,18,20). The molecule has 0 aliphatic heterocycles. The van der Waals surface area contributed by atoms with Crippen molar-refractivity contribution < 1.29 is 4.79 Å². The Balaban J connectivity index is 2.04. The predicted octanol–water partition coefficient (Wildman–Crippen LogP) is 2.18. The first-order chi connectivity index (χ1) is 10.1. The lowest BCUT2D eigenvalue weighted by Crippen LogP contribution is -2.39. The summed E-state index contributed by atoms with van der Waals surface area (Å²) < 4.78 is 0. The van der Waals surface area contributed by atoms with Crippen molar-refractivity contribution in [3.8, 4) is 0 Å². The summed E-state index contributed by atoms with van der Waals surface area (Å²) in [5.74, 6) is 0.509. The predicted molar refractivity (Wildman–Crippen MR) is 81.3 cm³/mol. The van der Waals surface area contributed by atoms with Crippen LogP contribution in [-0.2, 0) is 0 Å². The lowest BCUT2D eigenvalue weighted by Gasteiger charge is -2.26. The van der Waals surface area contributed by atoms with Crippen molar-refractivity contribution in [3.05, 3.63) is 40.3 Å². The number of carbonyl (C=O) groups is 1. The van der Waals surface area contributed by atoms with E-state index in [0.29, 0.717) is 22.4 Å². The van der Waals surface area contributed by atoms with Crippen LogP contribution in [0.3, 0.4) is 0 Å². The second-order valence-electron chi connectivity index (χ2n) is 5.94. The van der Waals surface area contributed by atoms with Gasteiger partial charge in [0.15, 0.2) is 5.69 Å². The molecular formula is C16H19N3O2. The molecule has 110 valence electrons. The molecule has 1 amide bonds. The summed E-state index contributed by atoms with van der Waals surface area (Å²) in [6.07, 6.45) is 2.38. The number of rotatable bonds is 4. The van der Waals surface area contributed by atoms with Crippen LogP contribution in [0.5, 0.6) is 0 Å². The Bertz CT molecular complexity index is 732. The average Bonchev–Trinajstić information content (AvgIpc) is 3.28. The molecule has 0 atom stereocenters. The van der Waals surface area contributed by atoms with Crippen molar-refractivity contribution >= 4 is 16.7 Å². The summed E-state index contributed by atoms with van der Waals surface area (Å²) in [5.41, 5.74) is 0.0694. The third-order valence-corrected chi connectivity index (χ3v) is 3.93. The molecule has 3 rings (SSSR count). The molecule has 1 fully saturated rings. The van der Waals surface area contributed by atoms with Gasteiger partial charge in [0, 0.05) is 18.0 Å². The number of nitrogens with one attached hydrogen (secondary N) is 1. The fourth-order valence-corrected chi connectivity index (χ4v) is 2.52. The molecule has 0 saturated heterocycles. The van der Waals surface area contributed by atoms with Crippen LogP contribution >= 0.6 is 0 Å². The van der Waals surface area contributed by atoms with Gasteiger partial charge in [-0.05, 0) is 38.7 Å². The van der Waals surface area contributed by atoms with Gasteiger partial charge in [-0.1, -0.05) is 18.2 Å². The number of nitrogens with zero attached hydrogens (tertiary/aromatic N) is 2. The highest BCUT2D eigenvalue weighted by molar-refractivity contribution is 6.04. The molecule has 2 aromatic rings. The van der Waals surface area contributed by atoms with Gasteiger partial charge in [0.05, 0.1) is 5.39 Å². The highest BCUT2D eigenvalue weighted by atomic mass is 16.2. The number of H-pyrrole nitrogens is 1. The Morgan fingerprint density at radius 1 is 1.33 bits per heavy atom. The largest absolute Gasteiger partial charge is 0.335 e. The molecule has 0 bridgehead atoms. The maximum absolute atomic E-state index is 12.8. The third-order valence-electron chi connectivity index (χ3n) is 3.93. The van der Waals surface area contributed by atoms with Crippen LogP contribution in [0.15, 0.2) is 29.1 Å². The number of benzene rings is 1. The van der Waals surface area contributed by atoms with E-state index >= 15 is 0 Å². The fraction of sp³-hybridized carbons (Fsp3) is 0.438. The Kier molecular flexibility index (Phi) is 3.49. The number of fused-ring (bicyclic) bond motifs is 1. The average molecular weight is 285 g/mol. The number of carbonyl (C=O) groups excluding carboxylic acids is 1. The molecule has 1 saturated carbocycles. The summed E-state index contributed by atoms with van der Waals surface area (Å²) >= 11 is 0. The van der Waals surface area contributed by atoms with Crippen LogP contribution < -0.4 is 5.56 Å². The van der Waals surface area contributed by atoms with Gasteiger partial charge in [0.25, 0.3) is 11.5 Å². The first kappa shape index (κ1) is 13.8. The van der Waals surface area contributed by atoms with Crippen molar-refractivity contribution in [3.63, 3.8) is 0 Å². The highest BCUT2D eigenvalue weighted by Crippen LogP contribution is 2.31. The third kappa shape index (κ3) is 2.68. The van der Waals surface area contributed by atoms with Gasteiger partial charge in [0.2, 0.25) is 0 Å². The normalized spacial score (nSPS) is 14.6. The molecule has 1 aromatic heterocycles. The van der Waals surface area contributed by atoms with Crippen LogP contribution in [0.4, 0.5) is 0 Å². The quantitative estimate of drug-likeness (QED) is 0.936. The highest BCUT2D eigenvalue weighted by Gasteiger charge is 2.30. The zero-order valence-electron chi connectivity index (χ0n) is 12.3. The Morgan fingerprint density at radius 2 is 2.00 bits per heavy atom. The minimum Gasteiger partial charge on any atom is -0.335 e. The summed E-state index contributed by atoms with van der Waals surface area (Å²) in [5, 5.41) is 7.57. The van der Waals surface area contributed by atoms with Crippen LogP contribution in [0.2, 0.25) is 0 Å². The van der Waals surface area contributed by atoms with Crippen molar-refractivity contribution in [1.82, 2.24) is 15.1 Å². The molecule has 21 heavy (non-hydrogen) atoms. The van der Waals surface area contributed by atoms with Crippen LogP contribution in [0, 0.1) is 5.92 Å². The minimum absolute atomic E-state index is 0.107.